The van der Waals surface area contributed by atoms with E-state index in [0.29, 0.717) is 0 Å². The largest absolute Gasteiger partial charge is 0.377 e. The highest BCUT2D eigenvalue weighted by molar-refractivity contribution is 7.11. The maximum atomic E-state index is 4.41. The van der Waals surface area contributed by atoms with Crippen molar-refractivity contribution in [2.75, 3.05) is 5.32 Å². The lowest BCUT2D eigenvalue weighted by Crippen LogP contribution is -1.99. The molecule has 0 aliphatic carbocycles. The van der Waals surface area contributed by atoms with Gasteiger partial charge in [-0.2, -0.15) is 5.10 Å². The van der Waals surface area contributed by atoms with Gasteiger partial charge in [0.25, 0.3) is 0 Å². The lowest BCUT2D eigenvalue weighted by atomic mass is 10.3. The Morgan fingerprint density at radius 2 is 2.06 bits per heavy atom. The molecule has 0 saturated carbocycles. The third kappa shape index (κ3) is 2.24. The number of thiazole rings is 1. The predicted molar refractivity (Wildman–Crippen MR) is 66.9 cm³/mol. The maximum Gasteiger partial charge on any atom is 0.0900 e. The monoisotopic (exact) mass is 236 g/mol. The Morgan fingerprint density at radius 3 is 2.56 bits per heavy atom. The van der Waals surface area contributed by atoms with Crippen LogP contribution in [0.25, 0.3) is 0 Å². The number of aryl methyl sites for hydroxylation is 4. The van der Waals surface area contributed by atoms with Crippen LogP contribution in [0.2, 0.25) is 0 Å². The molecule has 0 unspecified atom stereocenters. The van der Waals surface area contributed by atoms with Gasteiger partial charge in [-0.3, -0.25) is 4.68 Å². The van der Waals surface area contributed by atoms with Crippen molar-refractivity contribution in [2.24, 2.45) is 7.05 Å². The first-order valence-corrected chi connectivity index (χ1v) is 6.05. The normalized spacial score (nSPS) is 10.8. The van der Waals surface area contributed by atoms with E-state index in [1.807, 2.05) is 31.8 Å². The van der Waals surface area contributed by atoms with Crippen LogP contribution in [0.4, 0.5) is 5.69 Å². The molecule has 0 saturated heterocycles. The molecular formula is C11H16N4S. The molecule has 0 bridgehead atoms. The summed E-state index contributed by atoms with van der Waals surface area (Å²) in [6, 6.07) is 0. The van der Waals surface area contributed by atoms with Crippen LogP contribution in [0.1, 0.15) is 21.3 Å². The van der Waals surface area contributed by atoms with Crippen LogP contribution in [0.15, 0.2) is 6.20 Å². The predicted octanol–water partition coefficient (Wildman–Crippen LogP) is 2.41. The number of hydrogen-bond acceptors (Lipinski definition) is 4. The highest BCUT2D eigenvalue weighted by Crippen LogP contribution is 2.19. The molecule has 1 N–H and O–H groups in total. The van der Waals surface area contributed by atoms with Crippen molar-refractivity contribution in [2.45, 2.75) is 27.3 Å². The van der Waals surface area contributed by atoms with Gasteiger partial charge in [-0.15, -0.1) is 11.3 Å². The van der Waals surface area contributed by atoms with Crippen LogP contribution in [-0.2, 0) is 13.6 Å². The molecule has 2 aromatic rings. The van der Waals surface area contributed by atoms with E-state index in [1.54, 1.807) is 11.3 Å². The standard InChI is InChI=1S/C11H16N4S/c1-7-10(6-15(4)14-7)12-5-11-8(2)13-9(3)16-11/h6,12H,5H2,1-4H3. The first kappa shape index (κ1) is 11.1. The van der Waals surface area contributed by atoms with Gasteiger partial charge in [-0.1, -0.05) is 0 Å². The first-order chi connectivity index (χ1) is 7.56. The van der Waals surface area contributed by atoms with Gasteiger partial charge in [0, 0.05) is 18.1 Å². The van der Waals surface area contributed by atoms with Crippen LogP contribution in [-0.4, -0.2) is 14.8 Å². The Balaban J connectivity index is 2.07. The second-order valence-corrected chi connectivity index (χ2v) is 5.18. The van der Waals surface area contributed by atoms with Gasteiger partial charge in [0.1, 0.15) is 0 Å². The maximum absolute atomic E-state index is 4.41. The van der Waals surface area contributed by atoms with Crippen LogP contribution in [0, 0.1) is 20.8 Å². The molecule has 0 aromatic carbocycles. The Kier molecular flexibility index (Phi) is 2.96. The minimum absolute atomic E-state index is 0.823. The summed E-state index contributed by atoms with van der Waals surface area (Å²) in [7, 11) is 1.93. The fraction of sp³-hybridized carbons (Fsp3) is 0.455. The zero-order chi connectivity index (χ0) is 11.7. The van der Waals surface area contributed by atoms with E-state index in [0.717, 1.165) is 28.6 Å². The lowest BCUT2D eigenvalue weighted by Gasteiger charge is -2.02. The third-order valence-electron chi connectivity index (χ3n) is 2.45. The van der Waals surface area contributed by atoms with Crippen molar-refractivity contribution in [1.29, 1.82) is 0 Å². The molecule has 86 valence electrons. The minimum Gasteiger partial charge on any atom is -0.377 e. The van der Waals surface area contributed by atoms with E-state index in [-0.39, 0.29) is 0 Å². The van der Waals surface area contributed by atoms with E-state index >= 15 is 0 Å². The zero-order valence-electron chi connectivity index (χ0n) is 10.0. The molecule has 2 heterocycles. The molecule has 0 spiro atoms. The van der Waals surface area contributed by atoms with Crippen molar-refractivity contribution < 1.29 is 0 Å². The number of anilines is 1. The summed E-state index contributed by atoms with van der Waals surface area (Å²) in [4.78, 5) is 5.70. The van der Waals surface area contributed by atoms with Gasteiger partial charge in [0.05, 0.1) is 28.6 Å². The van der Waals surface area contributed by atoms with E-state index in [9.17, 15) is 0 Å². The van der Waals surface area contributed by atoms with E-state index in [2.05, 4.69) is 22.3 Å². The van der Waals surface area contributed by atoms with E-state index in [4.69, 9.17) is 0 Å². The van der Waals surface area contributed by atoms with Crippen LogP contribution < -0.4 is 5.32 Å². The summed E-state index contributed by atoms with van der Waals surface area (Å²) in [5.41, 5.74) is 3.24. The number of nitrogens with zero attached hydrogens (tertiary/aromatic N) is 3. The van der Waals surface area contributed by atoms with Crippen LogP contribution in [0.3, 0.4) is 0 Å². The molecule has 4 nitrogen and oxygen atoms in total. The fourth-order valence-corrected chi connectivity index (χ4v) is 2.56. The van der Waals surface area contributed by atoms with Gasteiger partial charge in [0.2, 0.25) is 0 Å². The molecule has 0 atom stereocenters. The number of nitrogens with one attached hydrogen (secondary N) is 1. The average molecular weight is 236 g/mol. The van der Waals surface area contributed by atoms with Crippen LogP contribution >= 0.6 is 11.3 Å². The van der Waals surface area contributed by atoms with Crippen molar-refractivity contribution in [3.63, 3.8) is 0 Å². The first-order valence-electron chi connectivity index (χ1n) is 5.23. The molecule has 16 heavy (non-hydrogen) atoms. The molecule has 0 fully saturated rings. The Morgan fingerprint density at radius 1 is 1.31 bits per heavy atom. The Labute approximate surface area is 99.3 Å². The van der Waals surface area contributed by atoms with E-state index in [1.165, 1.54) is 4.88 Å². The average Bonchev–Trinajstić information content (AvgIpc) is 2.66. The van der Waals surface area contributed by atoms with Gasteiger partial charge < -0.3 is 5.32 Å². The quantitative estimate of drug-likeness (QED) is 0.890. The molecule has 0 aliphatic rings. The molecule has 0 radical (unpaired) electrons. The molecular weight excluding hydrogens is 220 g/mol. The van der Waals surface area contributed by atoms with Crippen LogP contribution in [0.5, 0.6) is 0 Å². The minimum atomic E-state index is 0.823. The van der Waals surface area contributed by atoms with Gasteiger partial charge >= 0.3 is 0 Å². The van der Waals surface area contributed by atoms with Crippen molar-refractivity contribution in [3.8, 4) is 0 Å². The summed E-state index contributed by atoms with van der Waals surface area (Å²) in [6.07, 6.45) is 2.00. The number of aromatic nitrogens is 3. The number of rotatable bonds is 3. The molecule has 0 aliphatic heterocycles. The Hall–Kier alpha value is -1.36. The summed E-state index contributed by atoms with van der Waals surface area (Å²) in [6.45, 7) is 6.92. The van der Waals surface area contributed by atoms with Crippen molar-refractivity contribution >= 4 is 17.0 Å². The smallest absolute Gasteiger partial charge is 0.0900 e. The molecule has 5 heteroatoms. The van der Waals surface area contributed by atoms with E-state index < -0.39 is 0 Å². The second kappa shape index (κ2) is 4.25. The van der Waals surface area contributed by atoms with Gasteiger partial charge in [-0.05, 0) is 20.8 Å². The highest BCUT2D eigenvalue weighted by atomic mass is 32.1. The third-order valence-corrected chi connectivity index (χ3v) is 3.53. The van der Waals surface area contributed by atoms with Gasteiger partial charge in [-0.25, -0.2) is 4.98 Å². The molecule has 0 amide bonds. The highest BCUT2D eigenvalue weighted by Gasteiger charge is 2.06. The van der Waals surface area contributed by atoms with Crippen molar-refractivity contribution in [3.05, 3.63) is 27.5 Å². The SMILES string of the molecule is Cc1nc(C)c(CNc2cn(C)nc2C)s1. The fourth-order valence-electron chi connectivity index (χ4n) is 1.69. The summed E-state index contributed by atoms with van der Waals surface area (Å²) in [5, 5.41) is 8.81. The zero-order valence-corrected chi connectivity index (χ0v) is 10.9. The summed E-state index contributed by atoms with van der Waals surface area (Å²) < 4.78 is 1.82. The topological polar surface area (TPSA) is 42.7 Å². The molecule has 2 aromatic heterocycles. The van der Waals surface area contributed by atoms with Crippen molar-refractivity contribution in [1.82, 2.24) is 14.8 Å². The molecule has 2 rings (SSSR count). The lowest BCUT2D eigenvalue weighted by molar-refractivity contribution is 0.756. The summed E-state index contributed by atoms with van der Waals surface area (Å²) in [5.74, 6) is 0. The van der Waals surface area contributed by atoms with Gasteiger partial charge in [0.15, 0.2) is 0 Å². The summed E-state index contributed by atoms with van der Waals surface area (Å²) >= 11 is 1.75. The Bertz CT molecular complexity index is 452. The number of hydrogen-bond donors (Lipinski definition) is 1. The second-order valence-electron chi connectivity index (χ2n) is 3.90.